The summed E-state index contributed by atoms with van der Waals surface area (Å²) >= 11 is 0. The Morgan fingerprint density at radius 1 is 1.20 bits per heavy atom. The number of rotatable bonds is 4. The van der Waals surface area contributed by atoms with Gasteiger partial charge < -0.3 is 10.5 Å². The summed E-state index contributed by atoms with van der Waals surface area (Å²) in [5.41, 5.74) is 10.1. The normalized spacial score (nSPS) is 11.7. The number of aromatic nitrogens is 2. The predicted octanol–water partition coefficient (Wildman–Crippen LogP) is 3.05. The van der Waals surface area contributed by atoms with Crippen LogP contribution >= 0.6 is 0 Å². The summed E-state index contributed by atoms with van der Waals surface area (Å²) in [7, 11) is 0. The molecule has 4 nitrogen and oxygen atoms in total. The topological polar surface area (TPSA) is 63.9 Å². The molecule has 0 aliphatic carbocycles. The zero-order valence-corrected chi connectivity index (χ0v) is 12.7. The van der Waals surface area contributed by atoms with Gasteiger partial charge in [-0.25, -0.2) is 0 Å². The Hall–Kier alpha value is -1.81. The van der Waals surface area contributed by atoms with Gasteiger partial charge in [0.15, 0.2) is 0 Å². The number of nitrogens with two attached hydrogens (primary N) is 1. The largest absolute Gasteiger partial charge is 0.487 e. The second-order valence-electron chi connectivity index (χ2n) is 6.04. The predicted molar refractivity (Wildman–Crippen MR) is 80.7 cm³/mol. The first kappa shape index (κ1) is 14.6. The van der Waals surface area contributed by atoms with Crippen LogP contribution in [0.4, 0.5) is 0 Å². The summed E-state index contributed by atoms with van der Waals surface area (Å²) < 4.78 is 5.78. The fourth-order valence-electron chi connectivity index (χ4n) is 2.10. The minimum atomic E-state index is 0.157. The molecule has 108 valence electrons. The highest BCUT2D eigenvalue weighted by molar-refractivity contribution is 5.31. The zero-order chi connectivity index (χ0) is 14.8. The Kier molecular flexibility index (Phi) is 4.14. The number of H-pyrrole nitrogens is 1. The lowest BCUT2D eigenvalue weighted by molar-refractivity contribution is 0.299. The molecule has 1 aromatic carbocycles. The molecule has 3 N–H and O–H groups in total. The van der Waals surface area contributed by atoms with E-state index in [1.54, 1.807) is 0 Å². The van der Waals surface area contributed by atoms with Crippen LogP contribution in [0.1, 0.15) is 43.3 Å². The molecule has 0 aliphatic rings. The first-order chi connectivity index (χ1) is 9.41. The van der Waals surface area contributed by atoms with E-state index in [1.807, 2.05) is 19.1 Å². The Balaban J connectivity index is 2.04. The Bertz CT molecular complexity index is 564. The molecule has 0 atom stereocenters. The summed E-state index contributed by atoms with van der Waals surface area (Å²) in [5, 5.41) is 7.17. The average Bonchev–Trinajstić information content (AvgIpc) is 2.76. The van der Waals surface area contributed by atoms with E-state index in [1.165, 1.54) is 5.56 Å². The minimum absolute atomic E-state index is 0.157. The van der Waals surface area contributed by atoms with Crippen LogP contribution in [-0.4, -0.2) is 10.2 Å². The van der Waals surface area contributed by atoms with E-state index in [2.05, 4.69) is 43.1 Å². The maximum Gasteiger partial charge on any atom is 0.132 e. The Morgan fingerprint density at radius 2 is 1.85 bits per heavy atom. The molecule has 0 aliphatic heterocycles. The van der Waals surface area contributed by atoms with Gasteiger partial charge in [-0.3, -0.25) is 5.10 Å². The molecular formula is C16H23N3O. The molecule has 0 radical (unpaired) electrons. The number of hydrogen-bond donors (Lipinski definition) is 2. The fraction of sp³-hybridized carbons (Fsp3) is 0.438. The number of nitrogens with zero attached hydrogens (tertiary/aromatic N) is 1. The van der Waals surface area contributed by atoms with Crippen LogP contribution in [0.25, 0.3) is 0 Å². The third-order valence-corrected chi connectivity index (χ3v) is 3.46. The van der Waals surface area contributed by atoms with Crippen LogP contribution in [0.2, 0.25) is 0 Å². The molecule has 1 heterocycles. The number of ether oxygens (including phenoxy) is 1. The molecule has 1 aromatic heterocycles. The van der Waals surface area contributed by atoms with Gasteiger partial charge in [0.25, 0.3) is 0 Å². The van der Waals surface area contributed by atoms with E-state index < -0.39 is 0 Å². The molecule has 0 spiro atoms. The van der Waals surface area contributed by atoms with E-state index >= 15 is 0 Å². The van der Waals surface area contributed by atoms with E-state index in [-0.39, 0.29) is 5.41 Å². The zero-order valence-electron chi connectivity index (χ0n) is 12.7. The van der Waals surface area contributed by atoms with Gasteiger partial charge in [-0.15, -0.1) is 0 Å². The van der Waals surface area contributed by atoms with Gasteiger partial charge in [-0.05, 0) is 30.0 Å². The molecular weight excluding hydrogens is 250 g/mol. The molecule has 2 rings (SSSR count). The number of aromatic amines is 1. The second-order valence-corrected chi connectivity index (χ2v) is 6.04. The van der Waals surface area contributed by atoms with Gasteiger partial charge >= 0.3 is 0 Å². The van der Waals surface area contributed by atoms with Crippen molar-refractivity contribution in [3.05, 3.63) is 46.8 Å². The van der Waals surface area contributed by atoms with Gasteiger partial charge in [0.1, 0.15) is 18.1 Å². The first-order valence-corrected chi connectivity index (χ1v) is 6.88. The van der Waals surface area contributed by atoms with Crippen LogP contribution in [0.5, 0.6) is 5.75 Å². The lowest BCUT2D eigenvalue weighted by Crippen LogP contribution is -2.10. The highest BCUT2D eigenvalue weighted by Gasteiger charge is 2.13. The van der Waals surface area contributed by atoms with Crippen molar-refractivity contribution >= 4 is 0 Å². The molecule has 20 heavy (non-hydrogen) atoms. The van der Waals surface area contributed by atoms with Crippen molar-refractivity contribution in [1.82, 2.24) is 10.2 Å². The number of benzene rings is 1. The molecule has 0 saturated carbocycles. The van der Waals surface area contributed by atoms with Gasteiger partial charge in [0, 0.05) is 17.8 Å². The van der Waals surface area contributed by atoms with E-state index in [9.17, 15) is 0 Å². The van der Waals surface area contributed by atoms with Crippen molar-refractivity contribution in [1.29, 1.82) is 0 Å². The highest BCUT2D eigenvalue weighted by atomic mass is 16.5. The lowest BCUT2D eigenvalue weighted by Gasteiger charge is -2.19. The average molecular weight is 273 g/mol. The van der Waals surface area contributed by atoms with Gasteiger partial charge in [0.05, 0.1) is 0 Å². The number of hydrogen-bond acceptors (Lipinski definition) is 3. The van der Waals surface area contributed by atoms with Crippen LogP contribution in [0.3, 0.4) is 0 Å². The maximum absolute atomic E-state index is 5.78. The molecule has 0 amide bonds. The standard InChI is InChI=1S/C16H23N3O/c1-11-14(9-17)15(19-18-11)10-20-13-7-5-12(6-8-13)16(2,3)4/h5-8H,9-10,17H2,1-4H3,(H,18,19). The van der Waals surface area contributed by atoms with Crippen molar-refractivity contribution in [3.63, 3.8) is 0 Å². The molecule has 0 unspecified atom stereocenters. The van der Waals surface area contributed by atoms with Crippen LogP contribution in [0.15, 0.2) is 24.3 Å². The number of aryl methyl sites for hydroxylation is 1. The van der Waals surface area contributed by atoms with Crippen LogP contribution in [0, 0.1) is 6.92 Å². The molecule has 4 heteroatoms. The highest BCUT2D eigenvalue weighted by Crippen LogP contribution is 2.24. The summed E-state index contributed by atoms with van der Waals surface area (Å²) in [4.78, 5) is 0. The smallest absolute Gasteiger partial charge is 0.132 e. The molecule has 0 bridgehead atoms. The quantitative estimate of drug-likeness (QED) is 0.900. The summed E-state index contributed by atoms with van der Waals surface area (Å²) in [6, 6.07) is 8.22. The summed E-state index contributed by atoms with van der Waals surface area (Å²) in [6.45, 7) is 9.47. The first-order valence-electron chi connectivity index (χ1n) is 6.88. The lowest BCUT2D eigenvalue weighted by atomic mass is 9.87. The third kappa shape index (κ3) is 3.20. The van der Waals surface area contributed by atoms with Crippen molar-refractivity contribution in [2.45, 2.75) is 46.3 Å². The monoisotopic (exact) mass is 273 g/mol. The third-order valence-electron chi connectivity index (χ3n) is 3.46. The van der Waals surface area contributed by atoms with Crippen molar-refractivity contribution in [3.8, 4) is 5.75 Å². The van der Waals surface area contributed by atoms with Crippen molar-refractivity contribution < 1.29 is 4.74 Å². The Labute approximate surface area is 120 Å². The summed E-state index contributed by atoms with van der Waals surface area (Å²) in [5.74, 6) is 0.849. The fourth-order valence-corrected chi connectivity index (χ4v) is 2.10. The summed E-state index contributed by atoms with van der Waals surface area (Å²) in [6.07, 6.45) is 0. The van der Waals surface area contributed by atoms with Gasteiger partial charge in [0.2, 0.25) is 0 Å². The maximum atomic E-state index is 5.78. The van der Waals surface area contributed by atoms with E-state index in [4.69, 9.17) is 10.5 Å². The molecule has 2 aromatic rings. The van der Waals surface area contributed by atoms with Crippen molar-refractivity contribution in [2.75, 3.05) is 0 Å². The molecule has 0 fully saturated rings. The van der Waals surface area contributed by atoms with E-state index in [0.717, 1.165) is 22.7 Å². The van der Waals surface area contributed by atoms with Crippen molar-refractivity contribution in [2.24, 2.45) is 5.73 Å². The van der Waals surface area contributed by atoms with Crippen LogP contribution in [-0.2, 0) is 18.6 Å². The van der Waals surface area contributed by atoms with Gasteiger partial charge in [-0.2, -0.15) is 5.10 Å². The van der Waals surface area contributed by atoms with E-state index in [0.29, 0.717) is 13.2 Å². The minimum Gasteiger partial charge on any atom is -0.487 e. The molecule has 0 saturated heterocycles. The SMILES string of the molecule is Cc1[nH]nc(COc2ccc(C(C)(C)C)cc2)c1CN. The second kappa shape index (κ2) is 5.67. The Morgan fingerprint density at radius 3 is 2.40 bits per heavy atom. The number of nitrogens with one attached hydrogen (secondary N) is 1. The van der Waals surface area contributed by atoms with Crippen LogP contribution < -0.4 is 10.5 Å². The van der Waals surface area contributed by atoms with Gasteiger partial charge in [-0.1, -0.05) is 32.9 Å².